The van der Waals surface area contributed by atoms with E-state index in [0.29, 0.717) is 11.3 Å². The minimum atomic E-state index is -1.28. The van der Waals surface area contributed by atoms with Crippen molar-refractivity contribution in [1.29, 1.82) is 0 Å². The van der Waals surface area contributed by atoms with E-state index in [4.69, 9.17) is 35.4 Å². The molecule has 342 valence electrons. The van der Waals surface area contributed by atoms with Gasteiger partial charge in [0.05, 0.1) is 37.5 Å². The number of carbonyl (C=O) groups excluding carboxylic acids is 4. The summed E-state index contributed by atoms with van der Waals surface area (Å²) in [4.78, 5) is 59.6. The molecule has 3 atom stereocenters. The van der Waals surface area contributed by atoms with Gasteiger partial charge in [-0.15, -0.1) is 0 Å². The van der Waals surface area contributed by atoms with Crippen LogP contribution in [0.25, 0.3) is 22.0 Å². The second-order valence-corrected chi connectivity index (χ2v) is 14.6. The maximum atomic E-state index is 14.1. The molecule has 0 radical (unpaired) electrons. The fourth-order valence-electron chi connectivity index (χ4n) is 6.19. The first kappa shape index (κ1) is 48.5. The van der Waals surface area contributed by atoms with Gasteiger partial charge in [0, 0.05) is 56.3 Å². The van der Waals surface area contributed by atoms with Gasteiger partial charge in [0.25, 0.3) is 0 Å². The zero-order valence-electron chi connectivity index (χ0n) is 34.8. The molecule has 0 saturated carbocycles. The number of fused-ring (bicyclic) bond motifs is 1. The molecule has 5 aromatic rings. The largest absolute Gasteiger partial charge is 0.447 e. The summed E-state index contributed by atoms with van der Waals surface area (Å²) in [6, 6.07) is 21.8. The Labute approximate surface area is 372 Å². The van der Waals surface area contributed by atoms with Gasteiger partial charge in [-0.25, -0.2) is 28.6 Å². The van der Waals surface area contributed by atoms with Crippen molar-refractivity contribution >= 4 is 58.3 Å². The second-order valence-electron chi connectivity index (χ2n) is 14.2. The molecule has 0 saturated heterocycles. The van der Waals surface area contributed by atoms with E-state index in [1.165, 1.54) is 30.1 Å². The van der Waals surface area contributed by atoms with Crippen LogP contribution >= 0.6 is 11.6 Å². The number of nitrogens with one attached hydrogen (secondary N) is 4. The van der Waals surface area contributed by atoms with Crippen molar-refractivity contribution in [3.05, 3.63) is 108 Å². The Hall–Kier alpha value is -6.58. The van der Waals surface area contributed by atoms with Gasteiger partial charge in [0.15, 0.2) is 6.23 Å². The third-order valence-corrected chi connectivity index (χ3v) is 10.0. The smallest absolute Gasteiger partial charge is 0.414 e. The number of pyridine rings is 1. The van der Waals surface area contributed by atoms with Gasteiger partial charge in [-0.3, -0.25) is 15.5 Å². The summed E-state index contributed by atoms with van der Waals surface area (Å²) in [6.45, 7) is -2.04. The number of aliphatic hydroxyl groups excluding tert-OH is 3. The van der Waals surface area contributed by atoms with Crippen LogP contribution in [0.4, 0.5) is 35.3 Å². The first-order chi connectivity index (χ1) is 30.9. The predicted molar refractivity (Wildman–Crippen MR) is 233 cm³/mol. The molecule has 2 aromatic heterocycles. The van der Waals surface area contributed by atoms with Crippen LogP contribution in [0.5, 0.6) is 0 Å². The molecule has 0 bridgehead atoms. The number of rotatable bonds is 22. The Balaban J connectivity index is 1.21. The van der Waals surface area contributed by atoms with Crippen LogP contribution in [-0.2, 0) is 20.8 Å². The highest BCUT2D eigenvalue weighted by Crippen LogP contribution is 2.23. The van der Waals surface area contributed by atoms with Gasteiger partial charge < -0.3 is 49.6 Å². The molecule has 0 spiro atoms. The molecule has 3 aromatic carbocycles. The van der Waals surface area contributed by atoms with Crippen LogP contribution in [0, 0.1) is 5.82 Å². The third-order valence-electron chi connectivity index (χ3n) is 9.62. The monoisotopic (exact) mass is 908 g/mol. The molecule has 5 rings (SSSR count). The average Bonchev–Trinajstić information content (AvgIpc) is 3.77. The SMILES string of the molecule is CN(C(=O)NCc1cccc(F)c1Cl)[C@@H](CCCNC(=O)N(CCO)C(CCOC[C@H](O)CO)OC(=O)Nc1cc2ccccc2cn1)COC(=O)Nc1cc(-c2ccccc2)no1. The highest BCUT2D eigenvalue weighted by atomic mass is 35.5. The molecule has 0 aliphatic heterocycles. The number of aromatic nitrogens is 2. The maximum Gasteiger partial charge on any atom is 0.414 e. The zero-order valence-corrected chi connectivity index (χ0v) is 35.6. The molecule has 2 heterocycles. The number of halogens is 2. The van der Waals surface area contributed by atoms with Crippen molar-refractivity contribution in [3.63, 3.8) is 0 Å². The lowest BCUT2D eigenvalue weighted by atomic mass is 10.1. The predicted octanol–water partition coefficient (Wildman–Crippen LogP) is 5.56. The molecule has 0 aliphatic rings. The number of ether oxygens (including phenoxy) is 3. The minimum absolute atomic E-state index is 0.0112. The zero-order chi connectivity index (χ0) is 45.8. The Morgan fingerprint density at radius 2 is 1.66 bits per heavy atom. The molecule has 7 N–H and O–H groups in total. The lowest BCUT2D eigenvalue weighted by Gasteiger charge is -2.31. The number of nitrogens with zero attached hydrogens (tertiary/aromatic N) is 4. The van der Waals surface area contributed by atoms with Crippen LogP contribution < -0.4 is 21.3 Å². The van der Waals surface area contributed by atoms with Gasteiger partial charge in [-0.05, 0) is 35.9 Å². The normalized spacial score (nSPS) is 12.4. The lowest BCUT2D eigenvalue weighted by molar-refractivity contribution is -0.0324. The van der Waals surface area contributed by atoms with Gasteiger partial charge in [0.1, 0.15) is 30.0 Å². The molecule has 19 nitrogen and oxygen atoms in total. The highest BCUT2D eigenvalue weighted by Gasteiger charge is 2.28. The van der Waals surface area contributed by atoms with Crippen molar-refractivity contribution in [1.82, 2.24) is 30.6 Å². The number of anilines is 2. The van der Waals surface area contributed by atoms with Crippen LogP contribution in [0.2, 0.25) is 5.02 Å². The highest BCUT2D eigenvalue weighted by molar-refractivity contribution is 6.31. The molecule has 64 heavy (non-hydrogen) atoms. The van der Waals surface area contributed by atoms with Crippen molar-refractivity contribution in [2.75, 3.05) is 63.8 Å². The summed E-state index contributed by atoms with van der Waals surface area (Å²) >= 11 is 6.08. The first-order valence-electron chi connectivity index (χ1n) is 20.2. The Kier molecular flexibility index (Phi) is 18.9. The summed E-state index contributed by atoms with van der Waals surface area (Å²) in [5.41, 5.74) is 1.58. The maximum absolute atomic E-state index is 14.1. The van der Waals surface area contributed by atoms with Crippen molar-refractivity contribution in [2.45, 2.75) is 44.2 Å². The van der Waals surface area contributed by atoms with Gasteiger partial charge >= 0.3 is 24.2 Å². The summed E-state index contributed by atoms with van der Waals surface area (Å²) in [6.07, 6.45) is -2.39. The van der Waals surface area contributed by atoms with Crippen LogP contribution in [0.15, 0.2) is 95.6 Å². The molecular formula is C43H50ClFN8O11. The number of urea groups is 2. The number of benzene rings is 3. The number of hydrogen-bond acceptors (Lipinski definition) is 13. The van der Waals surface area contributed by atoms with Crippen molar-refractivity contribution in [2.24, 2.45) is 0 Å². The van der Waals surface area contributed by atoms with E-state index < -0.39 is 61.7 Å². The molecule has 0 aliphatic carbocycles. The Morgan fingerprint density at radius 1 is 0.891 bits per heavy atom. The van der Waals surface area contributed by atoms with Crippen LogP contribution in [0.1, 0.15) is 24.8 Å². The number of carbonyl (C=O) groups is 4. The van der Waals surface area contributed by atoms with Gasteiger partial charge in [0.2, 0.25) is 5.88 Å². The molecule has 0 fully saturated rings. The molecule has 21 heteroatoms. The fraction of sp³-hybridized carbons (Fsp3) is 0.349. The summed E-state index contributed by atoms with van der Waals surface area (Å²) in [5, 5.41) is 44.7. The fourth-order valence-corrected chi connectivity index (χ4v) is 6.38. The van der Waals surface area contributed by atoms with Gasteiger partial charge in [-0.2, -0.15) is 0 Å². The van der Waals surface area contributed by atoms with Crippen LogP contribution in [-0.4, -0.2) is 131 Å². The number of aliphatic hydroxyl groups is 3. The lowest BCUT2D eigenvalue weighted by Crippen LogP contribution is -2.50. The molecular weight excluding hydrogens is 859 g/mol. The third kappa shape index (κ3) is 14.8. The van der Waals surface area contributed by atoms with Crippen molar-refractivity contribution < 1.29 is 57.6 Å². The van der Waals surface area contributed by atoms with Crippen LogP contribution in [0.3, 0.4) is 0 Å². The Morgan fingerprint density at radius 3 is 2.42 bits per heavy atom. The second kappa shape index (κ2) is 24.9. The van der Waals surface area contributed by atoms with E-state index >= 15 is 0 Å². The quantitative estimate of drug-likeness (QED) is 0.0332. The number of likely N-dealkylation sites (N-methyl/N-ethyl adjacent to an activating group) is 1. The van der Waals surface area contributed by atoms with Crippen molar-refractivity contribution in [3.8, 4) is 11.3 Å². The summed E-state index contributed by atoms with van der Waals surface area (Å²) in [7, 11) is 1.47. The van der Waals surface area contributed by atoms with E-state index in [9.17, 15) is 33.8 Å². The topological polar surface area (TPSA) is 250 Å². The summed E-state index contributed by atoms with van der Waals surface area (Å²) in [5.74, 6) is -0.439. The standard InChI is InChI=1S/C43H50ClFN8O11/c1-52(40(57)48-24-31-13-7-15-34(45)39(31)44)32(26-62-42(59)50-37-22-35(51-64-37)28-9-3-2-4-10-28)14-8-17-46-41(58)53(18-19-54)38(16-20-61-27-33(56)25-55)63-43(60)49-36-21-29-11-5-6-12-30(29)23-47-36/h2-7,9-13,15,21-23,32-33,38,54-56H,8,14,16-20,24-27H2,1H3,(H,46,58)(H,48,57)(H,50,59)(H,47,49,60)/t32-,33+,38?/m0/s1. The summed E-state index contributed by atoms with van der Waals surface area (Å²) < 4.78 is 35.9. The molecule has 6 amide bonds. The van der Waals surface area contributed by atoms with E-state index in [1.54, 1.807) is 18.3 Å². The molecule has 1 unspecified atom stereocenters. The van der Waals surface area contributed by atoms with E-state index in [0.717, 1.165) is 21.2 Å². The minimum Gasteiger partial charge on any atom is -0.447 e. The van der Waals surface area contributed by atoms with E-state index in [2.05, 4.69) is 31.4 Å². The Bertz CT molecular complexity index is 2290. The number of hydrogen-bond donors (Lipinski definition) is 7. The number of amides is 6. The van der Waals surface area contributed by atoms with E-state index in [1.807, 2.05) is 54.6 Å². The van der Waals surface area contributed by atoms with E-state index in [-0.39, 0.29) is 75.4 Å². The average molecular weight is 909 g/mol. The first-order valence-corrected chi connectivity index (χ1v) is 20.6. The van der Waals surface area contributed by atoms with Gasteiger partial charge in [-0.1, -0.05) is 83.5 Å².